The highest BCUT2D eigenvalue weighted by molar-refractivity contribution is 14.1. The molecule has 1 aromatic carbocycles. The quantitative estimate of drug-likeness (QED) is 0.622. The van der Waals surface area contributed by atoms with Crippen LogP contribution >= 0.6 is 22.6 Å². The van der Waals surface area contributed by atoms with E-state index in [2.05, 4.69) is 27.9 Å². The van der Waals surface area contributed by atoms with Crippen molar-refractivity contribution in [1.82, 2.24) is 0 Å². The molecule has 0 aromatic heterocycles. The second-order valence-electron chi connectivity index (χ2n) is 5.12. The summed E-state index contributed by atoms with van der Waals surface area (Å²) in [6, 6.07) is 7.96. The second-order valence-corrected chi connectivity index (χ2v) is 6.36. The Morgan fingerprint density at radius 3 is 2.33 bits per heavy atom. The summed E-state index contributed by atoms with van der Waals surface area (Å²) >= 11 is 2.27. The van der Waals surface area contributed by atoms with Crippen LogP contribution in [0, 0.1) is 9.49 Å². The Bertz CT molecular complexity index is 380. The van der Waals surface area contributed by atoms with Crippen molar-refractivity contribution in [3.8, 4) is 0 Å². The summed E-state index contributed by atoms with van der Waals surface area (Å²) < 4.78 is 1.19. The van der Waals surface area contributed by atoms with Crippen LogP contribution in [0.1, 0.15) is 44.9 Å². The average molecular weight is 357 g/mol. The van der Waals surface area contributed by atoms with Gasteiger partial charge in [0.2, 0.25) is 5.91 Å². The van der Waals surface area contributed by atoms with Gasteiger partial charge in [-0.05, 0) is 65.6 Å². The van der Waals surface area contributed by atoms with Gasteiger partial charge in [-0.2, -0.15) is 0 Å². The highest BCUT2D eigenvalue weighted by Gasteiger charge is 2.15. The number of amides is 1. The molecule has 0 spiro atoms. The summed E-state index contributed by atoms with van der Waals surface area (Å²) in [6.45, 7) is 0. The SMILES string of the molecule is O=C(CC1CCCCCC1)Nc1ccc(I)cc1. The highest BCUT2D eigenvalue weighted by Crippen LogP contribution is 2.25. The van der Waals surface area contributed by atoms with Crippen LogP contribution in [-0.2, 0) is 4.79 Å². The molecule has 0 saturated heterocycles. The Hall–Kier alpha value is -0.580. The lowest BCUT2D eigenvalue weighted by molar-refractivity contribution is -0.117. The minimum atomic E-state index is 0.170. The maximum Gasteiger partial charge on any atom is 0.224 e. The Kier molecular flexibility index (Phi) is 5.47. The molecule has 98 valence electrons. The molecule has 1 amide bonds. The number of carbonyl (C=O) groups excluding carboxylic acids is 1. The first-order valence-electron chi connectivity index (χ1n) is 6.79. The average Bonchev–Trinajstić information content (AvgIpc) is 2.61. The summed E-state index contributed by atoms with van der Waals surface area (Å²) in [5.74, 6) is 0.763. The summed E-state index contributed by atoms with van der Waals surface area (Å²) in [7, 11) is 0. The summed E-state index contributed by atoms with van der Waals surface area (Å²) in [6.07, 6.45) is 8.40. The molecule has 0 bridgehead atoms. The normalized spacial score (nSPS) is 17.2. The van der Waals surface area contributed by atoms with E-state index in [0.717, 1.165) is 5.69 Å². The van der Waals surface area contributed by atoms with Gasteiger partial charge in [-0.25, -0.2) is 0 Å². The molecule has 1 fully saturated rings. The Balaban J connectivity index is 1.82. The van der Waals surface area contributed by atoms with Crippen LogP contribution in [0.2, 0.25) is 0 Å². The van der Waals surface area contributed by atoms with Crippen molar-refractivity contribution in [3.63, 3.8) is 0 Å². The fourth-order valence-corrected chi connectivity index (χ4v) is 2.94. The van der Waals surface area contributed by atoms with Crippen LogP contribution in [0.4, 0.5) is 5.69 Å². The lowest BCUT2D eigenvalue weighted by atomic mass is 9.96. The van der Waals surface area contributed by atoms with E-state index in [1.807, 2.05) is 24.3 Å². The fraction of sp³-hybridized carbons (Fsp3) is 0.533. The molecule has 0 atom stereocenters. The van der Waals surface area contributed by atoms with E-state index in [9.17, 15) is 4.79 Å². The predicted molar refractivity (Wildman–Crippen MR) is 83.6 cm³/mol. The lowest BCUT2D eigenvalue weighted by Gasteiger charge is -2.13. The van der Waals surface area contributed by atoms with Gasteiger partial charge >= 0.3 is 0 Å². The van der Waals surface area contributed by atoms with Crippen LogP contribution in [-0.4, -0.2) is 5.91 Å². The van der Waals surface area contributed by atoms with E-state index in [0.29, 0.717) is 12.3 Å². The molecule has 0 aliphatic heterocycles. The molecular formula is C15H20INO. The minimum absolute atomic E-state index is 0.170. The van der Waals surface area contributed by atoms with Crippen LogP contribution in [0.3, 0.4) is 0 Å². The maximum absolute atomic E-state index is 12.0. The first-order valence-corrected chi connectivity index (χ1v) is 7.87. The molecule has 1 N–H and O–H groups in total. The molecule has 3 heteroatoms. The van der Waals surface area contributed by atoms with Gasteiger partial charge in [-0.1, -0.05) is 25.7 Å². The van der Waals surface area contributed by atoms with Crippen molar-refractivity contribution in [2.45, 2.75) is 44.9 Å². The highest BCUT2D eigenvalue weighted by atomic mass is 127. The number of carbonyl (C=O) groups is 1. The molecule has 1 aromatic rings. The number of benzene rings is 1. The number of hydrogen-bond donors (Lipinski definition) is 1. The van der Waals surface area contributed by atoms with Crippen molar-refractivity contribution in [1.29, 1.82) is 0 Å². The Morgan fingerprint density at radius 2 is 1.72 bits per heavy atom. The monoisotopic (exact) mass is 357 g/mol. The number of halogens is 1. The zero-order chi connectivity index (χ0) is 12.8. The maximum atomic E-state index is 12.0. The van der Waals surface area contributed by atoms with Gasteiger partial charge in [-0.15, -0.1) is 0 Å². The molecule has 0 heterocycles. The number of hydrogen-bond acceptors (Lipinski definition) is 1. The summed E-state index contributed by atoms with van der Waals surface area (Å²) in [5.41, 5.74) is 0.911. The molecule has 0 radical (unpaired) electrons. The van der Waals surface area contributed by atoms with Crippen LogP contribution < -0.4 is 5.32 Å². The van der Waals surface area contributed by atoms with E-state index < -0.39 is 0 Å². The number of anilines is 1. The topological polar surface area (TPSA) is 29.1 Å². The first kappa shape index (κ1) is 13.8. The van der Waals surface area contributed by atoms with Crippen molar-refractivity contribution in [2.75, 3.05) is 5.32 Å². The third-order valence-electron chi connectivity index (χ3n) is 3.58. The Morgan fingerprint density at radius 1 is 1.11 bits per heavy atom. The predicted octanol–water partition coefficient (Wildman–Crippen LogP) is 4.59. The smallest absolute Gasteiger partial charge is 0.224 e. The second kappa shape index (κ2) is 7.12. The molecule has 1 aliphatic carbocycles. The molecule has 2 nitrogen and oxygen atoms in total. The minimum Gasteiger partial charge on any atom is -0.326 e. The van der Waals surface area contributed by atoms with E-state index in [1.165, 1.54) is 42.1 Å². The molecule has 1 saturated carbocycles. The zero-order valence-corrected chi connectivity index (χ0v) is 12.8. The van der Waals surface area contributed by atoms with E-state index in [-0.39, 0.29) is 5.91 Å². The largest absolute Gasteiger partial charge is 0.326 e. The molecule has 18 heavy (non-hydrogen) atoms. The van der Waals surface area contributed by atoms with Gasteiger partial charge in [0.05, 0.1) is 0 Å². The first-order chi connectivity index (χ1) is 8.74. The van der Waals surface area contributed by atoms with Gasteiger partial charge in [0.15, 0.2) is 0 Å². The molecule has 0 unspecified atom stereocenters. The van der Waals surface area contributed by atoms with Crippen molar-refractivity contribution in [3.05, 3.63) is 27.8 Å². The fourth-order valence-electron chi connectivity index (χ4n) is 2.58. The molecule has 1 aliphatic rings. The standard InChI is InChI=1S/C15H20INO/c16-13-7-9-14(10-8-13)17-15(18)11-12-5-3-1-2-4-6-12/h7-10,12H,1-6,11H2,(H,17,18). The summed E-state index contributed by atoms with van der Waals surface area (Å²) in [5, 5.41) is 2.99. The van der Waals surface area contributed by atoms with Gasteiger partial charge in [0, 0.05) is 15.7 Å². The third-order valence-corrected chi connectivity index (χ3v) is 4.30. The van der Waals surface area contributed by atoms with Gasteiger partial charge in [0.25, 0.3) is 0 Å². The van der Waals surface area contributed by atoms with E-state index in [1.54, 1.807) is 0 Å². The van der Waals surface area contributed by atoms with Gasteiger partial charge in [0.1, 0.15) is 0 Å². The van der Waals surface area contributed by atoms with Crippen LogP contribution in [0.25, 0.3) is 0 Å². The van der Waals surface area contributed by atoms with Crippen LogP contribution in [0.5, 0.6) is 0 Å². The van der Waals surface area contributed by atoms with Gasteiger partial charge in [-0.3, -0.25) is 4.79 Å². The van der Waals surface area contributed by atoms with Gasteiger partial charge < -0.3 is 5.32 Å². The van der Waals surface area contributed by atoms with E-state index >= 15 is 0 Å². The molecular weight excluding hydrogens is 337 g/mol. The third kappa shape index (κ3) is 4.59. The lowest BCUT2D eigenvalue weighted by Crippen LogP contribution is -2.16. The Labute approximate surface area is 123 Å². The van der Waals surface area contributed by atoms with Crippen molar-refractivity contribution in [2.24, 2.45) is 5.92 Å². The van der Waals surface area contributed by atoms with E-state index in [4.69, 9.17) is 0 Å². The van der Waals surface area contributed by atoms with Crippen molar-refractivity contribution >= 4 is 34.2 Å². The van der Waals surface area contributed by atoms with Crippen molar-refractivity contribution < 1.29 is 4.79 Å². The summed E-state index contributed by atoms with van der Waals surface area (Å²) in [4.78, 5) is 12.0. The molecule has 2 rings (SSSR count). The number of rotatable bonds is 3. The number of nitrogens with one attached hydrogen (secondary N) is 1. The van der Waals surface area contributed by atoms with Crippen LogP contribution in [0.15, 0.2) is 24.3 Å². The zero-order valence-electron chi connectivity index (χ0n) is 10.6.